The van der Waals surface area contributed by atoms with Crippen LogP contribution in [0.3, 0.4) is 0 Å². The van der Waals surface area contributed by atoms with Gasteiger partial charge < -0.3 is 5.32 Å². The number of hydrogen-bond acceptors (Lipinski definition) is 4. The van der Waals surface area contributed by atoms with E-state index in [1.165, 1.54) is 0 Å². The van der Waals surface area contributed by atoms with Gasteiger partial charge in [0.15, 0.2) is 5.17 Å². The van der Waals surface area contributed by atoms with Gasteiger partial charge in [0, 0.05) is 11.9 Å². The lowest BCUT2D eigenvalue weighted by Crippen LogP contribution is -2.28. The molecule has 0 atom stereocenters. The van der Waals surface area contributed by atoms with Crippen LogP contribution in [0.4, 0.5) is 0 Å². The van der Waals surface area contributed by atoms with E-state index in [4.69, 9.17) is 0 Å². The average molecular weight is 286 g/mol. The van der Waals surface area contributed by atoms with Crippen molar-refractivity contribution in [3.63, 3.8) is 0 Å². The molecule has 0 unspecified atom stereocenters. The predicted octanol–water partition coefficient (Wildman–Crippen LogP) is 1.63. The Morgan fingerprint density at radius 1 is 1.35 bits per heavy atom. The third-order valence-corrected chi connectivity index (χ3v) is 3.74. The van der Waals surface area contributed by atoms with Gasteiger partial charge in [-0.2, -0.15) is 5.10 Å². The van der Waals surface area contributed by atoms with Crippen LogP contribution in [-0.4, -0.2) is 33.2 Å². The lowest BCUT2D eigenvalue weighted by molar-refractivity contribution is -0.119. The maximum absolute atomic E-state index is 11.9. The molecule has 2 heterocycles. The Kier molecular flexibility index (Phi) is 3.83. The van der Waals surface area contributed by atoms with Crippen LogP contribution in [0.5, 0.6) is 0 Å². The van der Waals surface area contributed by atoms with Crippen molar-refractivity contribution in [2.45, 2.75) is 6.42 Å². The first kappa shape index (κ1) is 12.9. The van der Waals surface area contributed by atoms with Crippen molar-refractivity contribution in [3.05, 3.63) is 48.3 Å². The summed E-state index contributed by atoms with van der Waals surface area (Å²) in [4.78, 5) is 16.1. The minimum Gasteiger partial charge on any atom is -0.305 e. The van der Waals surface area contributed by atoms with E-state index in [1.807, 2.05) is 36.5 Å². The standard InChI is InChI=1S/C14H14N4OS/c19-13(17-14-15-6-7-20-14)8-11-9-16-18(10-11)12-4-2-1-3-5-12/h1-5,9-10H,6-8H2,(H,15,17,19). The Balaban J connectivity index is 1.64. The molecule has 1 aromatic carbocycles. The number of thioether (sulfide) groups is 1. The first-order valence-electron chi connectivity index (χ1n) is 6.37. The van der Waals surface area contributed by atoms with Crippen molar-refractivity contribution in [3.8, 4) is 5.69 Å². The first-order valence-corrected chi connectivity index (χ1v) is 7.36. The molecule has 1 amide bonds. The van der Waals surface area contributed by atoms with Gasteiger partial charge in [-0.1, -0.05) is 30.0 Å². The van der Waals surface area contributed by atoms with Crippen LogP contribution in [0.1, 0.15) is 5.56 Å². The molecule has 1 N–H and O–H groups in total. The topological polar surface area (TPSA) is 59.3 Å². The van der Waals surface area contributed by atoms with E-state index >= 15 is 0 Å². The molecular formula is C14H14N4OS. The summed E-state index contributed by atoms with van der Waals surface area (Å²) in [6.45, 7) is 0.784. The van der Waals surface area contributed by atoms with Crippen molar-refractivity contribution in [2.75, 3.05) is 12.3 Å². The summed E-state index contributed by atoms with van der Waals surface area (Å²) < 4.78 is 1.77. The van der Waals surface area contributed by atoms with Crippen molar-refractivity contribution >= 4 is 22.8 Å². The second-order valence-corrected chi connectivity index (χ2v) is 5.47. The number of amides is 1. The van der Waals surface area contributed by atoms with E-state index in [0.717, 1.165) is 28.7 Å². The quantitative estimate of drug-likeness (QED) is 0.933. The number of benzene rings is 1. The zero-order chi connectivity index (χ0) is 13.8. The van der Waals surface area contributed by atoms with Crippen LogP contribution in [0.15, 0.2) is 47.7 Å². The molecule has 102 valence electrons. The average Bonchev–Trinajstić information content (AvgIpc) is 3.11. The Morgan fingerprint density at radius 2 is 2.20 bits per heavy atom. The second kappa shape index (κ2) is 5.92. The van der Waals surface area contributed by atoms with Gasteiger partial charge in [0.05, 0.1) is 24.8 Å². The number of rotatable bonds is 3. The molecule has 3 rings (SSSR count). The smallest absolute Gasteiger partial charge is 0.230 e. The maximum atomic E-state index is 11.9. The molecule has 1 aromatic heterocycles. The largest absolute Gasteiger partial charge is 0.305 e. The van der Waals surface area contributed by atoms with Gasteiger partial charge >= 0.3 is 0 Å². The minimum atomic E-state index is -0.0502. The highest BCUT2D eigenvalue weighted by atomic mass is 32.2. The first-order chi connectivity index (χ1) is 9.81. The van der Waals surface area contributed by atoms with Gasteiger partial charge in [-0.05, 0) is 17.7 Å². The van der Waals surface area contributed by atoms with Crippen LogP contribution in [0.25, 0.3) is 5.69 Å². The number of carbonyl (C=O) groups is 1. The molecule has 5 nitrogen and oxygen atoms in total. The van der Waals surface area contributed by atoms with Crippen molar-refractivity contribution in [2.24, 2.45) is 4.99 Å². The van der Waals surface area contributed by atoms with Crippen LogP contribution in [-0.2, 0) is 11.2 Å². The van der Waals surface area contributed by atoms with Crippen molar-refractivity contribution in [1.82, 2.24) is 15.1 Å². The number of carbonyl (C=O) groups excluding carboxylic acids is 1. The zero-order valence-corrected chi connectivity index (χ0v) is 11.6. The van der Waals surface area contributed by atoms with Crippen LogP contribution < -0.4 is 5.32 Å². The highest BCUT2D eigenvalue weighted by Gasteiger charge is 2.12. The van der Waals surface area contributed by atoms with Gasteiger partial charge in [-0.25, -0.2) is 4.68 Å². The van der Waals surface area contributed by atoms with E-state index in [-0.39, 0.29) is 5.91 Å². The highest BCUT2D eigenvalue weighted by molar-refractivity contribution is 8.14. The molecule has 0 radical (unpaired) electrons. The van der Waals surface area contributed by atoms with Gasteiger partial charge in [-0.3, -0.25) is 9.79 Å². The summed E-state index contributed by atoms with van der Waals surface area (Å²) in [5.41, 5.74) is 1.87. The van der Waals surface area contributed by atoms with Crippen LogP contribution >= 0.6 is 11.8 Å². The fourth-order valence-electron chi connectivity index (χ4n) is 1.93. The lowest BCUT2D eigenvalue weighted by Gasteiger charge is -2.02. The SMILES string of the molecule is O=C(Cc1cnn(-c2ccccc2)c1)NC1=NCCS1. The summed E-state index contributed by atoms with van der Waals surface area (Å²) in [6.07, 6.45) is 3.90. The molecule has 1 aliphatic heterocycles. The number of amidine groups is 1. The molecule has 6 heteroatoms. The molecule has 1 aliphatic rings. The number of nitrogens with one attached hydrogen (secondary N) is 1. The highest BCUT2D eigenvalue weighted by Crippen LogP contribution is 2.10. The molecule has 0 bridgehead atoms. The Morgan fingerprint density at radius 3 is 2.95 bits per heavy atom. The van der Waals surface area contributed by atoms with Gasteiger partial charge in [0.25, 0.3) is 0 Å². The number of para-hydroxylation sites is 1. The third kappa shape index (κ3) is 3.08. The minimum absolute atomic E-state index is 0.0502. The monoisotopic (exact) mass is 286 g/mol. The van der Waals surface area contributed by atoms with E-state index in [2.05, 4.69) is 15.4 Å². The lowest BCUT2D eigenvalue weighted by atomic mass is 10.2. The summed E-state index contributed by atoms with van der Waals surface area (Å²) in [5.74, 6) is 0.896. The second-order valence-electron chi connectivity index (χ2n) is 4.39. The molecule has 0 saturated heterocycles. The molecule has 20 heavy (non-hydrogen) atoms. The van der Waals surface area contributed by atoms with E-state index in [1.54, 1.807) is 22.6 Å². The maximum Gasteiger partial charge on any atom is 0.230 e. The van der Waals surface area contributed by atoms with E-state index in [0.29, 0.717) is 6.42 Å². The van der Waals surface area contributed by atoms with E-state index in [9.17, 15) is 4.79 Å². The fourth-order valence-corrected chi connectivity index (χ4v) is 2.68. The third-order valence-electron chi connectivity index (χ3n) is 2.85. The normalized spacial score (nSPS) is 14.1. The molecule has 0 spiro atoms. The molecular weight excluding hydrogens is 272 g/mol. The molecule has 0 saturated carbocycles. The molecule has 2 aromatic rings. The van der Waals surface area contributed by atoms with Gasteiger partial charge in [0.1, 0.15) is 0 Å². The Labute approximate surface area is 121 Å². The van der Waals surface area contributed by atoms with Crippen molar-refractivity contribution < 1.29 is 4.79 Å². The summed E-state index contributed by atoms with van der Waals surface area (Å²) >= 11 is 1.58. The van der Waals surface area contributed by atoms with Gasteiger partial charge in [0.2, 0.25) is 5.91 Å². The number of nitrogens with zero attached hydrogens (tertiary/aromatic N) is 3. The summed E-state index contributed by atoms with van der Waals surface area (Å²) in [5, 5.41) is 7.81. The van der Waals surface area contributed by atoms with Gasteiger partial charge in [-0.15, -0.1) is 0 Å². The number of aromatic nitrogens is 2. The van der Waals surface area contributed by atoms with Crippen LogP contribution in [0, 0.1) is 0 Å². The molecule has 0 fully saturated rings. The number of hydrogen-bond donors (Lipinski definition) is 1. The van der Waals surface area contributed by atoms with Crippen molar-refractivity contribution in [1.29, 1.82) is 0 Å². The Bertz CT molecular complexity index is 636. The summed E-state index contributed by atoms with van der Waals surface area (Å²) in [6, 6.07) is 9.82. The Hall–Kier alpha value is -2.08. The fraction of sp³-hybridized carbons (Fsp3) is 0.214. The van der Waals surface area contributed by atoms with E-state index < -0.39 is 0 Å². The van der Waals surface area contributed by atoms with Crippen LogP contribution in [0.2, 0.25) is 0 Å². The summed E-state index contributed by atoms with van der Waals surface area (Å²) in [7, 11) is 0. The molecule has 0 aliphatic carbocycles. The number of aliphatic imine (C=N–C) groups is 1. The predicted molar refractivity (Wildman–Crippen MR) is 80.2 cm³/mol. The zero-order valence-electron chi connectivity index (χ0n) is 10.8.